The fraction of sp³-hybridized carbons (Fsp3) is 0. The Balaban J connectivity index is 2.08. The summed E-state index contributed by atoms with van der Waals surface area (Å²) in [6.07, 6.45) is 10.8. The quantitative estimate of drug-likeness (QED) is 0.475. The summed E-state index contributed by atoms with van der Waals surface area (Å²) in [6.45, 7) is 0. The van der Waals surface area contributed by atoms with Crippen molar-refractivity contribution in [1.29, 1.82) is 0 Å². The third-order valence-electron chi connectivity index (χ3n) is 3.81. The van der Waals surface area contributed by atoms with Crippen LogP contribution < -0.4 is 0 Å². The Morgan fingerprint density at radius 1 is 0.864 bits per heavy atom. The van der Waals surface area contributed by atoms with E-state index in [0.29, 0.717) is 0 Å². The van der Waals surface area contributed by atoms with Crippen LogP contribution in [0.5, 0.6) is 0 Å². The standard InChI is InChI=1S/C16H10N6/c1-2-11(8-17-5-1)22-13-3-6-18-9-12(13)15-16(22)21-10-19-7-4-14(21)20-15/h1-10H. The van der Waals surface area contributed by atoms with Gasteiger partial charge in [0.15, 0.2) is 5.65 Å². The molecule has 0 aliphatic rings. The van der Waals surface area contributed by atoms with Crippen LogP contribution in [-0.4, -0.2) is 28.9 Å². The summed E-state index contributed by atoms with van der Waals surface area (Å²) < 4.78 is 4.13. The molecule has 0 spiro atoms. The van der Waals surface area contributed by atoms with Crippen LogP contribution >= 0.6 is 0 Å². The third kappa shape index (κ3) is 1.38. The number of hydrogen-bond donors (Lipinski definition) is 0. The second-order valence-corrected chi connectivity index (χ2v) is 5.03. The van der Waals surface area contributed by atoms with E-state index < -0.39 is 0 Å². The molecule has 0 fully saturated rings. The summed E-state index contributed by atoms with van der Waals surface area (Å²) in [7, 11) is 0. The Hall–Kier alpha value is -3.28. The Morgan fingerprint density at radius 2 is 1.77 bits per heavy atom. The summed E-state index contributed by atoms with van der Waals surface area (Å²) >= 11 is 0. The van der Waals surface area contributed by atoms with E-state index in [9.17, 15) is 0 Å². The zero-order chi connectivity index (χ0) is 14.5. The molecule has 0 unspecified atom stereocenters. The van der Waals surface area contributed by atoms with Crippen molar-refractivity contribution in [3.05, 3.63) is 61.6 Å². The Kier molecular flexibility index (Phi) is 2.13. The molecule has 104 valence electrons. The maximum atomic E-state index is 4.73. The summed E-state index contributed by atoms with van der Waals surface area (Å²) in [5, 5.41) is 1.02. The van der Waals surface area contributed by atoms with Crippen molar-refractivity contribution in [3.8, 4) is 5.69 Å². The molecule has 0 aliphatic heterocycles. The van der Waals surface area contributed by atoms with E-state index in [-0.39, 0.29) is 0 Å². The van der Waals surface area contributed by atoms with Gasteiger partial charge < -0.3 is 0 Å². The van der Waals surface area contributed by atoms with E-state index in [4.69, 9.17) is 4.98 Å². The second kappa shape index (κ2) is 4.11. The van der Waals surface area contributed by atoms with Crippen LogP contribution in [0.15, 0.2) is 61.6 Å². The van der Waals surface area contributed by atoms with Crippen LogP contribution in [0.2, 0.25) is 0 Å². The largest absolute Gasteiger partial charge is 0.292 e. The monoisotopic (exact) mass is 286 g/mol. The molecule has 0 aliphatic carbocycles. The molecule has 6 nitrogen and oxygen atoms in total. The molecule has 22 heavy (non-hydrogen) atoms. The summed E-state index contributed by atoms with van der Waals surface area (Å²) in [5.74, 6) is 0. The lowest BCUT2D eigenvalue weighted by atomic mass is 10.3. The maximum absolute atomic E-state index is 4.73. The molecule has 5 heterocycles. The van der Waals surface area contributed by atoms with Gasteiger partial charge in [-0.1, -0.05) is 0 Å². The van der Waals surface area contributed by atoms with Crippen LogP contribution in [0, 0.1) is 0 Å². The molecule has 0 saturated heterocycles. The molecule has 6 heteroatoms. The van der Waals surface area contributed by atoms with E-state index in [1.165, 1.54) is 0 Å². The highest BCUT2D eigenvalue weighted by molar-refractivity contribution is 6.06. The van der Waals surface area contributed by atoms with Crippen molar-refractivity contribution in [2.45, 2.75) is 0 Å². The zero-order valence-electron chi connectivity index (χ0n) is 11.5. The Labute approximate surface area is 124 Å². The fourth-order valence-corrected chi connectivity index (χ4v) is 2.91. The molecule has 5 rings (SSSR count). The van der Waals surface area contributed by atoms with Crippen molar-refractivity contribution in [1.82, 2.24) is 28.9 Å². The zero-order valence-corrected chi connectivity index (χ0v) is 11.5. The van der Waals surface area contributed by atoms with Gasteiger partial charge in [-0.25, -0.2) is 9.97 Å². The lowest BCUT2D eigenvalue weighted by molar-refractivity contribution is 1.04. The van der Waals surface area contributed by atoms with Gasteiger partial charge in [0.2, 0.25) is 0 Å². The number of pyridine rings is 2. The number of nitrogens with zero attached hydrogens (tertiary/aromatic N) is 6. The number of fused-ring (bicyclic) bond motifs is 5. The highest BCUT2D eigenvalue weighted by Crippen LogP contribution is 2.31. The van der Waals surface area contributed by atoms with E-state index in [2.05, 4.69) is 19.5 Å². The number of imidazole rings is 1. The van der Waals surface area contributed by atoms with Gasteiger partial charge in [0.25, 0.3) is 0 Å². The van der Waals surface area contributed by atoms with Gasteiger partial charge in [-0.3, -0.25) is 18.9 Å². The maximum Gasteiger partial charge on any atom is 0.152 e. The van der Waals surface area contributed by atoms with Crippen molar-refractivity contribution >= 4 is 27.7 Å². The summed E-state index contributed by atoms with van der Waals surface area (Å²) in [4.78, 5) is 17.4. The van der Waals surface area contributed by atoms with Gasteiger partial charge in [-0.05, 0) is 24.3 Å². The summed E-state index contributed by atoms with van der Waals surface area (Å²) in [5.41, 5.74) is 4.79. The van der Waals surface area contributed by atoms with Crippen LogP contribution in [0.4, 0.5) is 0 Å². The number of rotatable bonds is 1. The SMILES string of the molecule is c1cncc(-n2c3ccncc3c3nc4ccncn4c32)c1. The van der Waals surface area contributed by atoms with Crippen molar-refractivity contribution in [2.75, 3.05) is 0 Å². The molecule has 0 atom stereocenters. The first-order valence-electron chi connectivity index (χ1n) is 6.90. The van der Waals surface area contributed by atoms with Gasteiger partial charge in [0.1, 0.15) is 17.5 Å². The van der Waals surface area contributed by atoms with Gasteiger partial charge in [0, 0.05) is 30.2 Å². The molecular formula is C16H10N6. The van der Waals surface area contributed by atoms with Crippen LogP contribution in [0.3, 0.4) is 0 Å². The van der Waals surface area contributed by atoms with Crippen molar-refractivity contribution in [2.24, 2.45) is 0 Å². The Bertz CT molecular complexity index is 1120. The van der Waals surface area contributed by atoms with Gasteiger partial charge >= 0.3 is 0 Å². The van der Waals surface area contributed by atoms with Crippen LogP contribution in [0.1, 0.15) is 0 Å². The molecule has 0 amide bonds. The number of hydrogen-bond acceptors (Lipinski definition) is 4. The van der Waals surface area contributed by atoms with E-state index in [1.54, 1.807) is 24.9 Å². The molecule has 5 aromatic heterocycles. The fourth-order valence-electron chi connectivity index (χ4n) is 2.91. The third-order valence-corrected chi connectivity index (χ3v) is 3.81. The lowest BCUT2D eigenvalue weighted by Gasteiger charge is -2.06. The lowest BCUT2D eigenvalue weighted by Crippen LogP contribution is -1.98. The molecular weight excluding hydrogens is 276 g/mol. The molecule has 0 saturated carbocycles. The molecule has 0 bridgehead atoms. The summed E-state index contributed by atoms with van der Waals surface area (Å²) in [6, 6.07) is 7.85. The van der Waals surface area contributed by atoms with E-state index in [0.717, 1.165) is 33.4 Å². The molecule has 0 radical (unpaired) electrons. The molecule has 0 aromatic carbocycles. The normalized spacial score (nSPS) is 11.6. The van der Waals surface area contributed by atoms with Crippen molar-refractivity contribution < 1.29 is 0 Å². The first-order chi connectivity index (χ1) is 10.9. The average molecular weight is 286 g/mol. The minimum absolute atomic E-state index is 0.864. The minimum atomic E-state index is 0.864. The minimum Gasteiger partial charge on any atom is -0.292 e. The second-order valence-electron chi connectivity index (χ2n) is 5.03. The first-order valence-corrected chi connectivity index (χ1v) is 6.90. The Morgan fingerprint density at radius 3 is 2.68 bits per heavy atom. The topological polar surface area (TPSA) is 60.9 Å². The smallest absolute Gasteiger partial charge is 0.152 e. The van der Waals surface area contributed by atoms with E-state index in [1.807, 2.05) is 41.1 Å². The van der Waals surface area contributed by atoms with Gasteiger partial charge in [0.05, 0.1) is 17.4 Å². The van der Waals surface area contributed by atoms with E-state index >= 15 is 0 Å². The predicted molar refractivity (Wildman–Crippen MR) is 82.9 cm³/mol. The van der Waals surface area contributed by atoms with Crippen LogP contribution in [0.25, 0.3) is 33.4 Å². The number of aromatic nitrogens is 6. The first kappa shape index (κ1) is 11.4. The predicted octanol–water partition coefficient (Wildman–Crippen LogP) is 2.62. The highest BCUT2D eigenvalue weighted by atomic mass is 15.2. The van der Waals surface area contributed by atoms with Gasteiger partial charge in [-0.2, -0.15) is 0 Å². The highest BCUT2D eigenvalue weighted by Gasteiger charge is 2.17. The average Bonchev–Trinajstić information content (AvgIpc) is 3.10. The molecule has 5 aromatic rings. The molecule has 0 N–H and O–H groups in total. The van der Waals surface area contributed by atoms with Crippen molar-refractivity contribution in [3.63, 3.8) is 0 Å². The van der Waals surface area contributed by atoms with Crippen LogP contribution in [-0.2, 0) is 0 Å². The van der Waals surface area contributed by atoms with Gasteiger partial charge in [-0.15, -0.1) is 0 Å².